The maximum absolute atomic E-state index is 12.3. The molecule has 7 nitrogen and oxygen atoms in total. The number of methoxy groups -OCH3 is 1. The molecule has 0 aliphatic carbocycles. The van der Waals surface area contributed by atoms with Crippen molar-refractivity contribution in [3.05, 3.63) is 48.2 Å². The fourth-order valence-electron chi connectivity index (χ4n) is 2.74. The van der Waals surface area contributed by atoms with Gasteiger partial charge in [0.25, 0.3) is 0 Å². The number of carbonyl (C=O) groups is 1. The lowest BCUT2D eigenvalue weighted by Crippen LogP contribution is -2.25. The summed E-state index contributed by atoms with van der Waals surface area (Å²) in [4.78, 5) is 12.3. The average molecular weight is 401 g/mol. The van der Waals surface area contributed by atoms with E-state index in [2.05, 4.69) is 29.4 Å². The molecule has 1 aromatic carbocycles. The first-order valence-electron chi connectivity index (χ1n) is 9.07. The van der Waals surface area contributed by atoms with Crippen LogP contribution in [0.15, 0.2) is 52.2 Å². The average Bonchev–Trinajstić information content (AvgIpc) is 3.34. The first-order valence-corrected chi connectivity index (χ1v) is 10.1. The zero-order valence-corrected chi connectivity index (χ0v) is 17.0. The van der Waals surface area contributed by atoms with Crippen molar-refractivity contribution in [1.29, 1.82) is 0 Å². The SMILES string of the molecule is COc1ccccc1CNC(=O)CSc1nnc(-c2ccco2)n1CC(C)C. The number of carbonyl (C=O) groups excluding carboxylic acids is 1. The molecule has 3 rings (SSSR count). The van der Waals surface area contributed by atoms with Gasteiger partial charge in [-0.15, -0.1) is 10.2 Å². The minimum Gasteiger partial charge on any atom is -0.496 e. The van der Waals surface area contributed by atoms with Gasteiger partial charge in [-0.2, -0.15) is 0 Å². The Balaban J connectivity index is 1.63. The molecule has 0 fully saturated rings. The highest BCUT2D eigenvalue weighted by atomic mass is 32.2. The molecule has 3 aromatic rings. The molecule has 0 aliphatic rings. The normalized spacial score (nSPS) is 11.0. The third kappa shape index (κ3) is 4.95. The predicted octanol–water partition coefficient (Wildman–Crippen LogP) is 3.61. The lowest BCUT2D eigenvalue weighted by Gasteiger charge is -2.12. The number of rotatable bonds is 9. The van der Waals surface area contributed by atoms with Gasteiger partial charge in [-0.1, -0.05) is 43.8 Å². The van der Waals surface area contributed by atoms with Crippen LogP contribution in [0.2, 0.25) is 0 Å². The second-order valence-corrected chi connectivity index (χ2v) is 7.61. The fraction of sp³-hybridized carbons (Fsp3) is 0.350. The van der Waals surface area contributed by atoms with Crippen LogP contribution in [0.1, 0.15) is 19.4 Å². The number of para-hydroxylation sites is 1. The molecule has 0 saturated carbocycles. The molecule has 28 heavy (non-hydrogen) atoms. The number of nitrogens with one attached hydrogen (secondary N) is 1. The largest absolute Gasteiger partial charge is 0.496 e. The molecule has 1 amide bonds. The van der Waals surface area contributed by atoms with Gasteiger partial charge in [0, 0.05) is 18.7 Å². The van der Waals surface area contributed by atoms with E-state index in [0.29, 0.717) is 29.2 Å². The van der Waals surface area contributed by atoms with E-state index >= 15 is 0 Å². The number of nitrogens with zero attached hydrogens (tertiary/aromatic N) is 3. The Labute approximate surface area is 168 Å². The summed E-state index contributed by atoms with van der Waals surface area (Å²) in [6, 6.07) is 11.3. The summed E-state index contributed by atoms with van der Waals surface area (Å²) < 4.78 is 12.8. The first kappa shape index (κ1) is 20.0. The van der Waals surface area contributed by atoms with Crippen LogP contribution in [0.4, 0.5) is 0 Å². The predicted molar refractivity (Wildman–Crippen MR) is 108 cm³/mol. The zero-order chi connectivity index (χ0) is 19.9. The maximum atomic E-state index is 12.3. The summed E-state index contributed by atoms with van der Waals surface area (Å²) in [6.07, 6.45) is 1.61. The van der Waals surface area contributed by atoms with E-state index in [0.717, 1.165) is 17.9 Å². The minimum absolute atomic E-state index is 0.0745. The molecular formula is C20H24N4O3S. The van der Waals surface area contributed by atoms with E-state index < -0.39 is 0 Å². The van der Waals surface area contributed by atoms with Crippen molar-refractivity contribution in [1.82, 2.24) is 20.1 Å². The van der Waals surface area contributed by atoms with Crippen molar-refractivity contribution in [2.45, 2.75) is 32.1 Å². The van der Waals surface area contributed by atoms with E-state index in [4.69, 9.17) is 9.15 Å². The van der Waals surface area contributed by atoms with Crippen molar-refractivity contribution in [2.24, 2.45) is 5.92 Å². The van der Waals surface area contributed by atoms with Crippen molar-refractivity contribution < 1.29 is 13.9 Å². The van der Waals surface area contributed by atoms with Crippen LogP contribution in [0.25, 0.3) is 11.6 Å². The monoisotopic (exact) mass is 400 g/mol. The summed E-state index contributed by atoms with van der Waals surface area (Å²) in [7, 11) is 1.62. The van der Waals surface area contributed by atoms with Crippen LogP contribution in [-0.2, 0) is 17.9 Å². The molecule has 0 aliphatic heterocycles. The quantitative estimate of drug-likeness (QED) is 0.553. The topological polar surface area (TPSA) is 82.2 Å². The van der Waals surface area contributed by atoms with Crippen molar-refractivity contribution in [3.8, 4) is 17.3 Å². The molecule has 2 heterocycles. The summed E-state index contributed by atoms with van der Waals surface area (Å²) in [5.41, 5.74) is 0.937. The number of furan rings is 1. The number of hydrogen-bond acceptors (Lipinski definition) is 6. The third-order valence-corrected chi connectivity index (χ3v) is 4.97. The highest BCUT2D eigenvalue weighted by Crippen LogP contribution is 2.25. The van der Waals surface area contributed by atoms with Crippen LogP contribution in [0.3, 0.4) is 0 Å². The van der Waals surface area contributed by atoms with E-state index in [1.165, 1.54) is 11.8 Å². The van der Waals surface area contributed by atoms with Gasteiger partial charge in [0.15, 0.2) is 16.7 Å². The Hall–Kier alpha value is -2.74. The van der Waals surface area contributed by atoms with Crippen molar-refractivity contribution in [3.63, 3.8) is 0 Å². The summed E-state index contributed by atoms with van der Waals surface area (Å²) >= 11 is 1.36. The second-order valence-electron chi connectivity index (χ2n) is 6.67. The van der Waals surface area contributed by atoms with E-state index in [9.17, 15) is 4.79 Å². The fourth-order valence-corrected chi connectivity index (χ4v) is 3.51. The Bertz CT molecular complexity index is 906. The number of ether oxygens (including phenoxy) is 1. The Kier molecular flexibility index (Phi) is 6.76. The number of aromatic nitrogens is 3. The number of hydrogen-bond donors (Lipinski definition) is 1. The molecule has 1 N–H and O–H groups in total. The number of amides is 1. The van der Waals surface area contributed by atoms with E-state index in [1.807, 2.05) is 41.0 Å². The first-order chi connectivity index (χ1) is 13.6. The van der Waals surface area contributed by atoms with Crippen molar-refractivity contribution in [2.75, 3.05) is 12.9 Å². The molecule has 0 atom stereocenters. The highest BCUT2D eigenvalue weighted by Gasteiger charge is 2.18. The van der Waals surface area contributed by atoms with Crippen LogP contribution < -0.4 is 10.1 Å². The maximum Gasteiger partial charge on any atom is 0.230 e. The molecule has 0 saturated heterocycles. The van der Waals surface area contributed by atoms with Crippen LogP contribution in [-0.4, -0.2) is 33.5 Å². The minimum atomic E-state index is -0.0745. The van der Waals surface area contributed by atoms with Gasteiger partial charge in [0.05, 0.1) is 19.1 Å². The van der Waals surface area contributed by atoms with Crippen molar-refractivity contribution >= 4 is 17.7 Å². The Morgan fingerprint density at radius 3 is 2.79 bits per heavy atom. The number of thioether (sulfide) groups is 1. The van der Waals surface area contributed by atoms with Crippen LogP contribution in [0.5, 0.6) is 5.75 Å². The molecule has 2 aromatic heterocycles. The van der Waals surface area contributed by atoms with Gasteiger partial charge in [0.2, 0.25) is 5.91 Å². The van der Waals surface area contributed by atoms with Gasteiger partial charge in [-0.25, -0.2) is 0 Å². The molecule has 0 spiro atoms. The van der Waals surface area contributed by atoms with Gasteiger partial charge in [-0.05, 0) is 24.1 Å². The van der Waals surface area contributed by atoms with Gasteiger partial charge >= 0.3 is 0 Å². The Morgan fingerprint density at radius 2 is 2.07 bits per heavy atom. The summed E-state index contributed by atoms with van der Waals surface area (Å²) in [6.45, 7) is 5.41. The highest BCUT2D eigenvalue weighted by molar-refractivity contribution is 7.99. The van der Waals surface area contributed by atoms with Gasteiger partial charge in [0.1, 0.15) is 5.75 Å². The number of benzene rings is 1. The third-order valence-electron chi connectivity index (χ3n) is 4.01. The smallest absolute Gasteiger partial charge is 0.230 e. The van der Waals surface area contributed by atoms with Crippen LogP contribution >= 0.6 is 11.8 Å². The molecular weight excluding hydrogens is 376 g/mol. The molecule has 0 radical (unpaired) electrons. The summed E-state index contributed by atoms with van der Waals surface area (Å²) in [5.74, 6) is 2.69. The molecule has 8 heteroatoms. The lowest BCUT2D eigenvalue weighted by molar-refractivity contribution is -0.118. The van der Waals surface area contributed by atoms with E-state index in [-0.39, 0.29) is 11.7 Å². The molecule has 0 unspecified atom stereocenters. The standard InChI is InChI=1S/C20H24N4O3S/c1-14(2)12-24-19(17-9-6-10-27-17)22-23-20(24)28-13-18(25)21-11-15-7-4-5-8-16(15)26-3/h4-10,14H,11-13H2,1-3H3,(H,21,25). The molecule has 148 valence electrons. The van der Waals surface area contributed by atoms with Gasteiger partial charge < -0.3 is 14.5 Å². The Morgan fingerprint density at radius 1 is 1.25 bits per heavy atom. The van der Waals surface area contributed by atoms with Crippen LogP contribution in [0, 0.1) is 5.92 Å². The van der Waals surface area contributed by atoms with E-state index in [1.54, 1.807) is 13.4 Å². The van der Waals surface area contributed by atoms with Gasteiger partial charge in [-0.3, -0.25) is 9.36 Å². The lowest BCUT2D eigenvalue weighted by atomic mass is 10.2. The summed E-state index contributed by atoms with van der Waals surface area (Å²) in [5, 5.41) is 12.1. The second kappa shape index (κ2) is 9.45. The zero-order valence-electron chi connectivity index (χ0n) is 16.2. The molecule has 0 bridgehead atoms.